The highest BCUT2D eigenvalue weighted by Gasteiger charge is 2.38. The zero-order chi connectivity index (χ0) is 25.3. The van der Waals surface area contributed by atoms with E-state index in [-0.39, 0.29) is 23.0 Å². The van der Waals surface area contributed by atoms with Crippen molar-refractivity contribution in [2.75, 3.05) is 30.1 Å². The van der Waals surface area contributed by atoms with Crippen LogP contribution in [0.25, 0.3) is 0 Å². The number of esters is 2. The topological polar surface area (TPSA) is 146 Å². The van der Waals surface area contributed by atoms with Gasteiger partial charge in [0.25, 0.3) is 5.91 Å². The third-order valence-electron chi connectivity index (χ3n) is 5.50. The van der Waals surface area contributed by atoms with E-state index in [0.29, 0.717) is 38.7 Å². The molecule has 35 heavy (non-hydrogen) atoms. The van der Waals surface area contributed by atoms with Gasteiger partial charge in [0, 0.05) is 23.2 Å². The molecule has 0 aliphatic carbocycles. The van der Waals surface area contributed by atoms with E-state index in [9.17, 15) is 14.4 Å². The van der Waals surface area contributed by atoms with E-state index in [1.807, 2.05) is 0 Å². The molecule has 0 saturated carbocycles. The maximum Gasteiger partial charge on any atom is 0.337 e. The first-order valence-electron chi connectivity index (χ1n) is 10.7. The standard InChI is InChI=1S/C24H24N4O6S/c1-5-33-24(31)16-12(3)26-22-18(17(16)13-6-8-14(9-7-13)23(30)32-4)19(25)20(35-22)21(29)27-15-10-11(2)34-28-15/h6-10,17,26H,5,25H2,1-4H3,(H,27,28,29). The Kier molecular flexibility index (Phi) is 6.61. The molecule has 1 unspecified atom stereocenters. The number of nitrogens with two attached hydrogens (primary N) is 1. The zero-order valence-corrected chi connectivity index (χ0v) is 20.4. The van der Waals surface area contributed by atoms with Gasteiger partial charge < -0.3 is 30.4 Å². The maximum absolute atomic E-state index is 13.0. The van der Waals surface area contributed by atoms with E-state index in [1.54, 1.807) is 51.1 Å². The summed E-state index contributed by atoms with van der Waals surface area (Å²) in [7, 11) is 1.30. The first kappa shape index (κ1) is 24.0. The number of carbonyl (C=O) groups is 3. The normalized spacial score (nSPS) is 14.7. The number of carbonyl (C=O) groups excluding carboxylic acids is 3. The Hall–Kier alpha value is -4.12. The molecule has 1 atom stereocenters. The van der Waals surface area contributed by atoms with Gasteiger partial charge in [0.1, 0.15) is 10.6 Å². The van der Waals surface area contributed by atoms with Crippen LogP contribution >= 0.6 is 11.3 Å². The molecule has 1 amide bonds. The number of nitrogen functional groups attached to an aromatic ring is 1. The van der Waals surface area contributed by atoms with Gasteiger partial charge in [0.2, 0.25) is 0 Å². The summed E-state index contributed by atoms with van der Waals surface area (Å²) in [4.78, 5) is 38.2. The number of nitrogens with zero attached hydrogens (tertiary/aromatic N) is 1. The van der Waals surface area contributed by atoms with Gasteiger partial charge in [-0.25, -0.2) is 9.59 Å². The van der Waals surface area contributed by atoms with Crippen molar-refractivity contribution in [3.8, 4) is 0 Å². The number of aryl methyl sites for hydroxylation is 1. The van der Waals surface area contributed by atoms with Gasteiger partial charge in [-0.15, -0.1) is 11.3 Å². The Labute approximate surface area is 205 Å². The zero-order valence-electron chi connectivity index (χ0n) is 19.6. The minimum absolute atomic E-state index is 0.195. The van der Waals surface area contributed by atoms with E-state index in [4.69, 9.17) is 19.7 Å². The van der Waals surface area contributed by atoms with Crippen LogP contribution in [0.5, 0.6) is 0 Å². The van der Waals surface area contributed by atoms with Crippen LogP contribution in [0.1, 0.15) is 56.7 Å². The predicted molar refractivity (Wildman–Crippen MR) is 131 cm³/mol. The molecule has 0 fully saturated rings. The molecule has 4 rings (SSSR count). The summed E-state index contributed by atoms with van der Waals surface area (Å²) in [5.41, 5.74) is 9.34. The van der Waals surface area contributed by atoms with Crippen LogP contribution < -0.4 is 16.4 Å². The highest BCUT2D eigenvalue weighted by atomic mass is 32.1. The summed E-state index contributed by atoms with van der Waals surface area (Å²) in [6, 6.07) is 8.28. The Morgan fingerprint density at radius 1 is 1.20 bits per heavy atom. The van der Waals surface area contributed by atoms with Crippen molar-refractivity contribution in [2.45, 2.75) is 26.7 Å². The van der Waals surface area contributed by atoms with Gasteiger partial charge in [-0.3, -0.25) is 4.79 Å². The molecule has 11 heteroatoms. The molecule has 182 valence electrons. The van der Waals surface area contributed by atoms with Crippen LogP contribution in [-0.2, 0) is 14.3 Å². The third-order valence-corrected chi connectivity index (χ3v) is 6.64. The first-order valence-corrected chi connectivity index (χ1v) is 11.6. The van der Waals surface area contributed by atoms with E-state index in [2.05, 4.69) is 15.8 Å². The molecular weight excluding hydrogens is 472 g/mol. The molecule has 3 heterocycles. The Bertz CT molecular complexity index is 1340. The fourth-order valence-corrected chi connectivity index (χ4v) is 5.05. The number of benzene rings is 1. The second kappa shape index (κ2) is 9.63. The number of ether oxygens (including phenoxy) is 2. The lowest BCUT2D eigenvalue weighted by molar-refractivity contribution is -0.138. The van der Waals surface area contributed by atoms with Crippen LogP contribution in [0.3, 0.4) is 0 Å². The molecule has 1 aliphatic rings. The van der Waals surface area contributed by atoms with Crippen molar-refractivity contribution < 1.29 is 28.4 Å². The number of hydrogen-bond donors (Lipinski definition) is 3. The van der Waals surface area contributed by atoms with E-state index in [0.717, 1.165) is 0 Å². The van der Waals surface area contributed by atoms with Crippen LogP contribution in [-0.4, -0.2) is 36.7 Å². The fourth-order valence-electron chi connectivity index (χ4n) is 3.94. The molecule has 0 saturated heterocycles. The largest absolute Gasteiger partial charge is 0.465 e. The third kappa shape index (κ3) is 4.50. The van der Waals surface area contributed by atoms with Gasteiger partial charge in [0.05, 0.1) is 35.5 Å². The smallest absolute Gasteiger partial charge is 0.337 e. The van der Waals surface area contributed by atoms with Crippen LogP contribution in [0.15, 0.2) is 46.1 Å². The van der Waals surface area contributed by atoms with E-state index < -0.39 is 23.8 Å². The minimum Gasteiger partial charge on any atom is -0.465 e. The summed E-state index contributed by atoms with van der Waals surface area (Å²) in [5.74, 6) is -1.23. The number of allylic oxidation sites excluding steroid dienone is 1. The molecule has 1 aromatic carbocycles. The van der Waals surface area contributed by atoms with Gasteiger partial charge >= 0.3 is 11.9 Å². The lowest BCUT2D eigenvalue weighted by Gasteiger charge is -2.28. The molecule has 2 aromatic heterocycles. The maximum atomic E-state index is 13.0. The van der Waals surface area contributed by atoms with Crippen molar-refractivity contribution in [3.63, 3.8) is 0 Å². The van der Waals surface area contributed by atoms with Crippen molar-refractivity contribution in [2.24, 2.45) is 0 Å². The highest BCUT2D eigenvalue weighted by Crippen LogP contribution is 2.50. The fraction of sp³-hybridized carbons (Fsp3) is 0.250. The van der Waals surface area contributed by atoms with E-state index in [1.165, 1.54) is 18.4 Å². The predicted octanol–water partition coefficient (Wildman–Crippen LogP) is 4.06. The number of fused-ring (bicyclic) bond motifs is 1. The van der Waals surface area contributed by atoms with Crippen molar-refractivity contribution >= 4 is 45.7 Å². The number of nitrogens with one attached hydrogen (secondary N) is 2. The Balaban J connectivity index is 1.80. The number of amides is 1. The first-order chi connectivity index (χ1) is 16.7. The van der Waals surface area contributed by atoms with Crippen LogP contribution in [0, 0.1) is 6.92 Å². The van der Waals surface area contributed by atoms with Gasteiger partial charge in [-0.05, 0) is 38.5 Å². The minimum atomic E-state index is -0.621. The summed E-state index contributed by atoms with van der Waals surface area (Å²) in [6.45, 7) is 5.40. The van der Waals surface area contributed by atoms with Crippen LogP contribution in [0.2, 0.25) is 0 Å². The molecule has 1 aliphatic heterocycles. The molecular formula is C24H24N4O6S. The van der Waals surface area contributed by atoms with Crippen molar-refractivity contribution in [1.82, 2.24) is 5.16 Å². The Morgan fingerprint density at radius 3 is 2.51 bits per heavy atom. The SMILES string of the molecule is CCOC(=O)C1=C(C)Nc2sc(C(=O)Nc3cc(C)on3)c(N)c2C1c1ccc(C(=O)OC)cc1. The van der Waals surface area contributed by atoms with Gasteiger partial charge in [-0.2, -0.15) is 0 Å². The molecule has 4 N–H and O–H groups in total. The lowest BCUT2D eigenvalue weighted by Crippen LogP contribution is -2.24. The van der Waals surface area contributed by atoms with Crippen LogP contribution in [0.4, 0.5) is 16.5 Å². The second-order valence-corrected chi connectivity index (χ2v) is 8.82. The average Bonchev–Trinajstić information content (AvgIpc) is 3.39. The van der Waals surface area contributed by atoms with Crippen molar-refractivity contribution in [3.05, 3.63) is 68.9 Å². The van der Waals surface area contributed by atoms with Gasteiger partial charge in [-0.1, -0.05) is 17.3 Å². The van der Waals surface area contributed by atoms with E-state index >= 15 is 0 Å². The second-order valence-electron chi connectivity index (χ2n) is 7.80. The highest BCUT2D eigenvalue weighted by molar-refractivity contribution is 7.19. The molecule has 0 spiro atoms. The van der Waals surface area contributed by atoms with Crippen molar-refractivity contribution in [1.29, 1.82) is 0 Å². The molecule has 10 nitrogen and oxygen atoms in total. The average molecular weight is 497 g/mol. The molecule has 0 bridgehead atoms. The number of hydrogen-bond acceptors (Lipinski definition) is 10. The molecule has 0 radical (unpaired) electrons. The number of methoxy groups -OCH3 is 1. The van der Waals surface area contributed by atoms with Gasteiger partial charge in [0.15, 0.2) is 5.82 Å². The summed E-state index contributed by atoms with van der Waals surface area (Å²) in [6.07, 6.45) is 0. The summed E-state index contributed by atoms with van der Waals surface area (Å²) in [5, 5.41) is 10.3. The number of thiophene rings is 1. The number of aromatic nitrogens is 1. The number of rotatable bonds is 6. The molecule has 3 aromatic rings. The lowest BCUT2D eigenvalue weighted by atomic mass is 9.81. The Morgan fingerprint density at radius 2 is 1.91 bits per heavy atom. The number of anilines is 3. The summed E-state index contributed by atoms with van der Waals surface area (Å²) >= 11 is 1.17. The summed E-state index contributed by atoms with van der Waals surface area (Å²) < 4.78 is 15.1. The monoisotopic (exact) mass is 496 g/mol. The quantitative estimate of drug-likeness (QED) is 0.430.